The fraction of sp³-hybridized carbons (Fsp3) is 0.115. The Labute approximate surface area is 205 Å². The van der Waals surface area contributed by atoms with Crippen LogP contribution in [0.5, 0.6) is 5.75 Å². The second-order valence-electron chi connectivity index (χ2n) is 7.45. The maximum Gasteiger partial charge on any atom is 0.338 e. The first kappa shape index (κ1) is 24.0. The average molecular weight is 496 g/mol. The summed E-state index contributed by atoms with van der Waals surface area (Å²) < 4.78 is 30.0. The Balaban J connectivity index is 1.66. The molecule has 1 amide bonds. The van der Waals surface area contributed by atoms with E-state index in [1.54, 1.807) is 36.4 Å². The van der Waals surface area contributed by atoms with Gasteiger partial charge in [-0.1, -0.05) is 41.9 Å². The molecule has 7 nitrogen and oxygen atoms in total. The lowest BCUT2D eigenvalue weighted by Crippen LogP contribution is -2.46. The van der Waals surface area contributed by atoms with Crippen LogP contribution in [0.1, 0.15) is 21.5 Å². The Morgan fingerprint density at radius 2 is 1.71 bits per heavy atom. The molecule has 0 aliphatic carbocycles. The van der Waals surface area contributed by atoms with E-state index in [1.165, 1.54) is 13.2 Å². The van der Waals surface area contributed by atoms with Crippen molar-refractivity contribution in [3.8, 4) is 5.75 Å². The summed E-state index contributed by atoms with van der Waals surface area (Å²) in [5.74, 6) is -2.61. The number of esters is 2. The number of ether oxygens (including phenoxy) is 3. The molecule has 4 rings (SSSR count). The highest BCUT2D eigenvalue weighted by atomic mass is 35.5. The molecule has 0 radical (unpaired) electrons. The zero-order valence-electron chi connectivity index (χ0n) is 18.5. The van der Waals surface area contributed by atoms with Crippen LogP contribution >= 0.6 is 11.6 Å². The van der Waals surface area contributed by atoms with E-state index in [2.05, 4.69) is 0 Å². The van der Waals surface area contributed by atoms with Crippen LogP contribution in [-0.4, -0.2) is 36.4 Å². The van der Waals surface area contributed by atoms with Gasteiger partial charge in [0.05, 0.1) is 12.7 Å². The van der Waals surface area contributed by atoms with E-state index in [9.17, 15) is 18.8 Å². The van der Waals surface area contributed by atoms with Gasteiger partial charge in [-0.25, -0.2) is 9.18 Å². The Hall–Kier alpha value is -4.17. The van der Waals surface area contributed by atoms with E-state index in [1.807, 2.05) is 18.2 Å². The second-order valence-corrected chi connectivity index (χ2v) is 7.89. The predicted octanol–water partition coefficient (Wildman–Crippen LogP) is 4.60. The quantitative estimate of drug-likeness (QED) is 0.425. The van der Waals surface area contributed by atoms with E-state index in [0.717, 1.165) is 22.6 Å². The number of rotatable bonds is 8. The number of benzene rings is 3. The molecule has 0 atom stereocenters. The molecule has 178 valence electrons. The largest absolute Gasteiger partial charge is 0.465 e. The van der Waals surface area contributed by atoms with Gasteiger partial charge in [0.1, 0.15) is 30.4 Å². The number of carbonyl (C=O) groups is 3. The van der Waals surface area contributed by atoms with Crippen LogP contribution in [-0.2, 0) is 25.7 Å². The Bertz CT molecular complexity index is 1310. The summed E-state index contributed by atoms with van der Waals surface area (Å²) in [5, 5.41) is 0.465. The number of carbonyl (C=O) groups excluding carboxylic acids is 3. The monoisotopic (exact) mass is 495 g/mol. The number of hydrogen-bond donors (Lipinski definition) is 0. The van der Waals surface area contributed by atoms with Crippen molar-refractivity contribution in [3.63, 3.8) is 0 Å². The van der Waals surface area contributed by atoms with Crippen molar-refractivity contribution in [2.24, 2.45) is 0 Å². The summed E-state index contributed by atoms with van der Waals surface area (Å²) in [4.78, 5) is 38.9. The van der Waals surface area contributed by atoms with Gasteiger partial charge in [0, 0.05) is 10.6 Å². The van der Waals surface area contributed by atoms with Crippen molar-refractivity contribution in [3.05, 3.63) is 106 Å². The van der Waals surface area contributed by atoms with Crippen LogP contribution in [0.3, 0.4) is 0 Å². The standard InChI is InChI=1S/C26H19ClFNO6/c1-33-26(32)20-12-9-18(28)13-21(20)23-24(35-19-10-7-17(27)8-11-19)25(31)29(23)14-22(30)34-15-16-5-3-2-4-6-16/h2-13H,14-15H2,1H3. The molecule has 35 heavy (non-hydrogen) atoms. The van der Waals surface area contributed by atoms with Crippen molar-refractivity contribution < 1.29 is 33.0 Å². The third-order valence-electron chi connectivity index (χ3n) is 5.13. The minimum absolute atomic E-state index is 0.00346. The smallest absolute Gasteiger partial charge is 0.338 e. The normalized spacial score (nSPS) is 12.8. The van der Waals surface area contributed by atoms with Gasteiger partial charge in [0.25, 0.3) is 5.91 Å². The fourth-order valence-corrected chi connectivity index (χ4v) is 3.57. The topological polar surface area (TPSA) is 82.1 Å². The minimum atomic E-state index is -0.746. The predicted molar refractivity (Wildman–Crippen MR) is 125 cm³/mol. The fourth-order valence-electron chi connectivity index (χ4n) is 3.44. The van der Waals surface area contributed by atoms with E-state index in [4.69, 9.17) is 25.8 Å². The number of methoxy groups -OCH3 is 1. The van der Waals surface area contributed by atoms with Crippen molar-refractivity contribution in [2.75, 3.05) is 13.7 Å². The summed E-state index contributed by atoms with van der Waals surface area (Å²) >= 11 is 5.91. The second kappa shape index (κ2) is 10.4. The van der Waals surface area contributed by atoms with Crippen LogP contribution in [0.25, 0.3) is 5.70 Å². The van der Waals surface area contributed by atoms with Crippen molar-refractivity contribution >= 4 is 35.1 Å². The van der Waals surface area contributed by atoms with Crippen molar-refractivity contribution in [1.29, 1.82) is 0 Å². The lowest BCUT2D eigenvalue weighted by atomic mass is 9.97. The Kier molecular flexibility index (Phi) is 7.12. The third-order valence-corrected chi connectivity index (χ3v) is 5.38. The molecule has 1 heterocycles. The maximum atomic E-state index is 14.2. The van der Waals surface area contributed by atoms with Crippen LogP contribution < -0.4 is 4.74 Å². The molecule has 0 N–H and O–H groups in total. The Morgan fingerprint density at radius 1 is 1.00 bits per heavy atom. The molecular weight excluding hydrogens is 477 g/mol. The molecule has 0 saturated heterocycles. The van der Waals surface area contributed by atoms with Gasteiger partial charge in [-0.2, -0.15) is 0 Å². The lowest BCUT2D eigenvalue weighted by molar-refractivity contribution is -0.149. The zero-order chi connectivity index (χ0) is 24.9. The zero-order valence-corrected chi connectivity index (χ0v) is 19.3. The summed E-state index contributed by atoms with van der Waals surface area (Å²) in [6.07, 6.45) is 0. The molecule has 0 fully saturated rings. The van der Waals surface area contributed by atoms with Gasteiger partial charge in [-0.3, -0.25) is 14.5 Å². The van der Waals surface area contributed by atoms with Gasteiger partial charge in [0.15, 0.2) is 0 Å². The van der Waals surface area contributed by atoms with Gasteiger partial charge >= 0.3 is 11.9 Å². The molecule has 1 aliphatic rings. The highest BCUT2D eigenvalue weighted by Crippen LogP contribution is 2.37. The van der Waals surface area contributed by atoms with Gasteiger partial charge in [0.2, 0.25) is 5.76 Å². The van der Waals surface area contributed by atoms with Crippen LogP contribution in [0.2, 0.25) is 5.02 Å². The first-order valence-corrected chi connectivity index (χ1v) is 10.8. The highest BCUT2D eigenvalue weighted by molar-refractivity contribution is 6.30. The summed E-state index contributed by atoms with van der Waals surface area (Å²) in [7, 11) is 1.18. The van der Waals surface area contributed by atoms with E-state index >= 15 is 0 Å². The summed E-state index contributed by atoms with van der Waals surface area (Å²) in [6, 6.07) is 18.7. The molecule has 0 unspecified atom stereocenters. The highest BCUT2D eigenvalue weighted by Gasteiger charge is 2.42. The van der Waals surface area contributed by atoms with Gasteiger partial charge in [-0.05, 0) is 48.0 Å². The van der Waals surface area contributed by atoms with E-state index in [0.29, 0.717) is 5.02 Å². The van der Waals surface area contributed by atoms with Gasteiger partial charge < -0.3 is 14.2 Å². The average Bonchev–Trinajstić information content (AvgIpc) is 2.87. The number of halogens is 2. The summed E-state index contributed by atoms with van der Waals surface area (Å²) in [6.45, 7) is -0.451. The molecule has 0 aromatic heterocycles. The summed E-state index contributed by atoms with van der Waals surface area (Å²) in [5.41, 5.74) is 0.866. The molecule has 3 aromatic rings. The van der Waals surface area contributed by atoms with Crippen molar-refractivity contribution in [2.45, 2.75) is 6.61 Å². The van der Waals surface area contributed by atoms with Crippen LogP contribution in [0.4, 0.5) is 4.39 Å². The minimum Gasteiger partial charge on any atom is -0.465 e. The number of amides is 1. The lowest BCUT2D eigenvalue weighted by Gasteiger charge is -2.35. The molecular formula is C26H19ClFNO6. The SMILES string of the molecule is COC(=O)c1ccc(F)cc1C1=C(Oc2ccc(Cl)cc2)C(=O)N1CC(=O)OCc1ccccc1. The van der Waals surface area contributed by atoms with Crippen LogP contribution in [0, 0.1) is 5.82 Å². The number of nitrogens with zero attached hydrogens (tertiary/aromatic N) is 1. The molecule has 0 spiro atoms. The van der Waals surface area contributed by atoms with Gasteiger partial charge in [-0.15, -0.1) is 0 Å². The van der Waals surface area contributed by atoms with Crippen molar-refractivity contribution in [1.82, 2.24) is 4.90 Å². The maximum absolute atomic E-state index is 14.2. The molecule has 3 aromatic carbocycles. The Morgan fingerprint density at radius 3 is 2.40 bits per heavy atom. The first-order valence-electron chi connectivity index (χ1n) is 10.4. The molecule has 0 bridgehead atoms. The van der Waals surface area contributed by atoms with E-state index in [-0.39, 0.29) is 34.9 Å². The molecule has 0 saturated carbocycles. The first-order chi connectivity index (χ1) is 16.9. The third kappa shape index (κ3) is 5.33. The number of hydrogen-bond acceptors (Lipinski definition) is 6. The van der Waals surface area contributed by atoms with Crippen LogP contribution in [0.15, 0.2) is 78.6 Å². The van der Waals surface area contributed by atoms with E-state index < -0.39 is 30.2 Å². The molecule has 1 aliphatic heterocycles. The molecule has 9 heteroatoms.